The summed E-state index contributed by atoms with van der Waals surface area (Å²) in [6.07, 6.45) is 4.68. The Hall–Kier alpha value is -4.12. The van der Waals surface area contributed by atoms with Gasteiger partial charge in [0.1, 0.15) is 11.3 Å². The Labute approximate surface area is 267 Å². The fourth-order valence-electron chi connectivity index (χ4n) is 4.88. The number of nitrogens with one attached hydrogen (secondary N) is 2. The smallest absolute Gasteiger partial charge is 0.307 e. The normalized spacial score (nSPS) is 13.8. The zero-order chi connectivity index (χ0) is 33.6. The largest absolute Gasteiger partial charge is 0.495 e. The van der Waals surface area contributed by atoms with E-state index in [0.29, 0.717) is 43.3 Å². The molecule has 4 N–H and O–H groups in total. The number of carbonyl (C=O) groups excluding carboxylic acids is 4. The van der Waals surface area contributed by atoms with Crippen LogP contribution in [-0.2, 0) is 30.5 Å². The monoisotopic (exact) mass is 625 g/mol. The molecule has 1 aliphatic carbocycles. The van der Waals surface area contributed by atoms with E-state index in [1.807, 2.05) is 38.1 Å². The number of hydrogen-bond acceptors (Lipinski definition) is 8. The van der Waals surface area contributed by atoms with E-state index in [9.17, 15) is 19.2 Å². The number of ether oxygens (including phenoxy) is 2. The average molecular weight is 626 g/mol. The van der Waals surface area contributed by atoms with Gasteiger partial charge in [-0.3, -0.25) is 19.2 Å². The minimum Gasteiger partial charge on any atom is -0.495 e. The van der Waals surface area contributed by atoms with Gasteiger partial charge in [0.15, 0.2) is 0 Å². The van der Waals surface area contributed by atoms with E-state index in [2.05, 4.69) is 10.6 Å². The first-order valence-corrected chi connectivity index (χ1v) is 15.4. The van der Waals surface area contributed by atoms with E-state index >= 15 is 0 Å². The van der Waals surface area contributed by atoms with Crippen LogP contribution in [0.3, 0.4) is 0 Å². The maximum atomic E-state index is 13.7. The van der Waals surface area contributed by atoms with Crippen molar-refractivity contribution in [3.63, 3.8) is 0 Å². The number of anilines is 2. The van der Waals surface area contributed by atoms with Gasteiger partial charge in [-0.05, 0) is 76.3 Å². The number of nitrogens with two attached hydrogens (primary N) is 1. The number of para-hydroxylation sites is 1. The molecule has 2 atom stereocenters. The zero-order valence-corrected chi connectivity index (χ0v) is 27.8. The van der Waals surface area contributed by atoms with E-state index in [0.717, 1.165) is 36.1 Å². The van der Waals surface area contributed by atoms with Crippen LogP contribution in [0.25, 0.3) is 0 Å². The second-order valence-corrected chi connectivity index (χ2v) is 12.0. The average Bonchev–Trinajstić information content (AvgIpc) is 3.84. The summed E-state index contributed by atoms with van der Waals surface area (Å²) in [7, 11) is 3.28. The molecular formula is C34H51N5O6. The molecule has 0 aromatic heterocycles. The van der Waals surface area contributed by atoms with Crippen molar-refractivity contribution in [1.82, 2.24) is 15.1 Å². The Bertz CT molecular complexity index is 1240. The van der Waals surface area contributed by atoms with E-state index in [1.54, 1.807) is 50.9 Å². The van der Waals surface area contributed by atoms with Crippen molar-refractivity contribution in [3.8, 4) is 5.75 Å². The summed E-state index contributed by atoms with van der Waals surface area (Å²) in [5, 5.41) is 5.95. The van der Waals surface area contributed by atoms with Crippen LogP contribution >= 0.6 is 0 Å². The van der Waals surface area contributed by atoms with Gasteiger partial charge in [-0.25, -0.2) is 0 Å². The number of benzene rings is 2. The molecule has 1 saturated carbocycles. The predicted octanol–water partition coefficient (Wildman–Crippen LogP) is 4.14. The van der Waals surface area contributed by atoms with Crippen LogP contribution in [0.4, 0.5) is 11.4 Å². The lowest BCUT2D eigenvalue weighted by Gasteiger charge is -2.40. The maximum Gasteiger partial charge on any atom is 0.307 e. The summed E-state index contributed by atoms with van der Waals surface area (Å²) in [6.45, 7) is 10.3. The summed E-state index contributed by atoms with van der Waals surface area (Å²) < 4.78 is 10.4. The Morgan fingerprint density at radius 1 is 1.16 bits per heavy atom. The highest BCUT2D eigenvalue weighted by Gasteiger charge is 2.39. The van der Waals surface area contributed by atoms with Crippen LogP contribution in [-0.4, -0.2) is 79.4 Å². The van der Waals surface area contributed by atoms with E-state index in [-0.39, 0.29) is 36.9 Å². The topological polar surface area (TPSA) is 143 Å². The van der Waals surface area contributed by atoms with Crippen molar-refractivity contribution in [2.24, 2.45) is 5.92 Å². The van der Waals surface area contributed by atoms with Crippen molar-refractivity contribution in [2.45, 2.75) is 84.5 Å². The molecule has 1 fully saturated rings. The number of amides is 3. The number of rotatable bonds is 17. The highest BCUT2D eigenvalue weighted by Crippen LogP contribution is 2.35. The molecule has 11 nitrogen and oxygen atoms in total. The summed E-state index contributed by atoms with van der Waals surface area (Å²) in [4.78, 5) is 51.7. The quantitative estimate of drug-likeness (QED) is 0.135. The molecule has 3 rings (SSSR count). The Morgan fingerprint density at radius 2 is 1.84 bits per heavy atom. The third kappa shape index (κ3) is 11.7. The third-order valence-corrected chi connectivity index (χ3v) is 8.04. The van der Waals surface area contributed by atoms with Gasteiger partial charge in [0.25, 0.3) is 0 Å². The van der Waals surface area contributed by atoms with Gasteiger partial charge >= 0.3 is 5.97 Å². The molecule has 0 radical (unpaired) electrons. The second kappa shape index (κ2) is 18.0. The van der Waals surface area contributed by atoms with Crippen LogP contribution in [0.15, 0.2) is 42.5 Å². The number of nitrogens with zero attached hydrogens (tertiary/aromatic N) is 2. The number of aryl methyl sites for hydroxylation is 1. The number of methoxy groups -OCH3 is 1. The molecule has 2 unspecified atom stereocenters. The lowest BCUT2D eigenvalue weighted by molar-refractivity contribution is -0.148. The van der Waals surface area contributed by atoms with Crippen LogP contribution < -0.4 is 21.1 Å². The fraction of sp³-hybridized carbons (Fsp3) is 0.529. The molecule has 45 heavy (non-hydrogen) atoms. The van der Waals surface area contributed by atoms with Gasteiger partial charge in [0, 0.05) is 37.9 Å². The molecule has 0 bridgehead atoms. The van der Waals surface area contributed by atoms with Gasteiger partial charge in [0.2, 0.25) is 18.7 Å². The summed E-state index contributed by atoms with van der Waals surface area (Å²) in [6, 6.07) is 12.8. The van der Waals surface area contributed by atoms with Crippen molar-refractivity contribution >= 4 is 36.1 Å². The maximum absolute atomic E-state index is 13.7. The number of likely N-dealkylation sites (N-methyl/N-ethyl adjacent to an activating group) is 1. The predicted molar refractivity (Wildman–Crippen MR) is 177 cm³/mol. The van der Waals surface area contributed by atoms with Gasteiger partial charge in [-0.15, -0.1) is 0 Å². The SMILES string of the molecule is CCOC(=O)CC(C)NCC(CC1CC1)N(C)C(=O)C(C)(C)N(C=O)Cc1ccc(NC=O)c(OC)c1.Cc1ccccc1N. The van der Waals surface area contributed by atoms with Crippen LogP contribution in [0.2, 0.25) is 0 Å². The van der Waals surface area contributed by atoms with E-state index in [1.165, 1.54) is 12.0 Å². The molecule has 248 valence electrons. The first-order valence-electron chi connectivity index (χ1n) is 15.4. The van der Waals surface area contributed by atoms with Crippen molar-refractivity contribution < 1.29 is 28.7 Å². The van der Waals surface area contributed by atoms with Gasteiger partial charge in [-0.2, -0.15) is 0 Å². The molecular weight excluding hydrogens is 574 g/mol. The Balaban J connectivity index is 0.000000761. The molecule has 3 amide bonds. The Kier molecular flexibility index (Phi) is 14.8. The van der Waals surface area contributed by atoms with Crippen molar-refractivity contribution in [2.75, 3.05) is 38.4 Å². The Morgan fingerprint density at radius 3 is 2.38 bits per heavy atom. The first kappa shape index (κ1) is 37.1. The molecule has 0 aliphatic heterocycles. The molecule has 0 spiro atoms. The van der Waals surface area contributed by atoms with Crippen LogP contribution in [0.5, 0.6) is 5.75 Å². The van der Waals surface area contributed by atoms with Crippen LogP contribution in [0, 0.1) is 12.8 Å². The molecule has 1 aliphatic rings. The molecule has 2 aromatic carbocycles. The molecule has 2 aromatic rings. The minimum atomic E-state index is -1.11. The highest BCUT2D eigenvalue weighted by atomic mass is 16.5. The molecule has 0 heterocycles. The standard InChI is InChI=1S/C27H42N4O6.C7H9N/c1-7-37-25(34)12-19(2)28-15-22(13-20-8-9-20)30(5)26(35)27(3,4)31(18-33)16-21-10-11-23(29-17-32)24(14-21)36-6;1-6-4-2-3-5-7(6)8/h10-11,14,17-20,22,28H,7-9,12-13,15-16H2,1-6H3,(H,29,32);2-5H,8H2,1H3. The van der Waals surface area contributed by atoms with E-state index < -0.39 is 5.54 Å². The van der Waals surface area contributed by atoms with Crippen molar-refractivity contribution in [1.29, 1.82) is 0 Å². The lowest BCUT2D eigenvalue weighted by atomic mass is 9.98. The fourth-order valence-corrected chi connectivity index (χ4v) is 4.88. The van der Waals surface area contributed by atoms with Crippen molar-refractivity contribution in [3.05, 3.63) is 53.6 Å². The summed E-state index contributed by atoms with van der Waals surface area (Å²) in [5.41, 5.74) is 7.70. The van der Waals surface area contributed by atoms with Gasteiger partial charge in [0.05, 0.1) is 25.8 Å². The highest BCUT2D eigenvalue weighted by molar-refractivity contribution is 5.87. The second-order valence-electron chi connectivity index (χ2n) is 12.0. The number of carbonyl (C=O) groups is 4. The number of hydrogen-bond donors (Lipinski definition) is 3. The zero-order valence-electron chi connectivity index (χ0n) is 27.8. The summed E-state index contributed by atoms with van der Waals surface area (Å²) >= 11 is 0. The first-order chi connectivity index (χ1) is 21.4. The number of esters is 1. The number of nitrogen functional groups attached to an aromatic ring is 1. The third-order valence-electron chi connectivity index (χ3n) is 8.04. The molecule has 11 heteroatoms. The van der Waals surface area contributed by atoms with Gasteiger partial charge < -0.3 is 35.6 Å². The minimum absolute atomic E-state index is 0.0776. The lowest BCUT2D eigenvalue weighted by Crippen LogP contribution is -2.58. The summed E-state index contributed by atoms with van der Waals surface area (Å²) in [5.74, 6) is 0.624. The van der Waals surface area contributed by atoms with Gasteiger partial charge in [-0.1, -0.05) is 37.1 Å². The molecule has 0 saturated heterocycles. The van der Waals surface area contributed by atoms with Crippen LogP contribution in [0.1, 0.15) is 64.5 Å². The van der Waals surface area contributed by atoms with E-state index in [4.69, 9.17) is 15.2 Å².